The number of benzene rings is 3. The van der Waals surface area contributed by atoms with Crippen molar-refractivity contribution in [2.24, 2.45) is 0 Å². The molecule has 0 aliphatic heterocycles. The molecule has 2 amide bonds. The molecule has 3 aromatic rings. The molecule has 1 atom stereocenters. The summed E-state index contributed by atoms with van der Waals surface area (Å²) in [5, 5.41) is 3.52. The van der Waals surface area contributed by atoms with Crippen LogP contribution in [0.1, 0.15) is 11.1 Å². The monoisotopic (exact) mass is 470 g/mol. The predicted molar refractivity (Wildman–Crippen MR) is 127 cm³/mol. The maximum Gasteiger partial charge on any atom is 0.261 e. The lowest BCUT2D eigenvalue weighted by atomic mass is 10.0. The molecule has 0 unspecified atom stereocenters. The molecule has 0 saturated heterocycles. The van der Waals surface area contributed by atoms with Crippen LogP contribution in [0.5, 0.6) is 5.75 Å². The number of carbonyl (C=O) groups is 2. The maximum atomic E-state index is 13.3. The third-order valence-electron chi connectivity index (χ3n) is 5.01. The number of para-hydroxylation sites is 1. The van der Waals surface area contributed by atoms with Crippen molar-refractivity contribution in [3.05, 3.63) is 100 Å². The van der Waals surface area contributed by atoms with Crippen LogP contribution in [-0.4, -0.2) is 36.4 Å². The van der Waals surface area contributed by atoms with E-state index in [1.807, 2.05) is 48.5 Å². The molecule has 0 heterocycles. The van der Waals surface area contributed by atoms with Gasteiger partial charge in [0.2, 0.25) is 5.91 Å². The summed E-state index contributed by atoms with van der Waals surface area (Å²) in [5.41, 5.74) is 1.50. The van der Waals surface area contributed by atoms with Gasteiger partial charge in [0.1, 0.15) is 11.8 Å². The topological polar surface area (TPSA) is 58.6 Å². The highest BCUT2D eigenvalue weighted by Crippen LogP contribution is 2.27. The van der Waals surface area contributed by atoms with E-state index in [9.17, 15) is 9.59 Å². The Hall–Kier alpha value is -3.02. The van der Waals surface area contributed by atoms with E-state index in [0.717, 1.165) is 5.56 Å². The van der Waals surface area contributed by atoms with Crippen LogP contribution in [0.2, 0.25) is 10.0 Å². The second kappa shape index (κ2) is 11.6. The van der Waals surface area contributed by atoms with E-state index >= 15 is 0 Å². The van der Waals surface area contributed by atoms with Crippen LogP contribution in [0.4, 0.5) is 0 Å². The third-order valence-corrected chi connectivity index (χ3v) is 5.72. The van der Waals surface area contributed by atoms with Crippen molar-refractivity contribution in [2.75, 3.05) is 13.7 Å². The largest absolute Gasteiger partial charge is 0.484 e. The molecule has 5 nitrogen and oxygen atoms in total. The minimum absolute atomic E-state index is 0.0699. The second-order valence-corrected chi connectivity index (χ2v) is 7.96. The van der Waals surface area contributed by atoms with Gasteiger partial charge in [-0.1, -0.05) is 77.8 Å². The highest BCUT2D eigenvalue weighted by atomic mass is 35.5. The zero-order chi connectivity index (χ0) is 22.9. The zero-order valence-electron chi connectivity index (χ0n) is 17.6. The Kier molecular flexibility index (Phi) is 8.54. The first-order valence-corrected chi connectivity index (χ1v) is 10.9. The Morgan fingerprint density at radius 2 is 1.50 bits per heavy atom. The van der Waals surface area contributed by atoms with Crippen LogP contribution < -0.4 is 10.1 Å². The van der Waals surface area contributed by atoms with Gasteiger partial charge in [0.25, 0.3) is 5.91 Å². The molecule has 0 spiro atoms. The molecule has 3 rings (SSSR count). The minimum Gasteiger partial charge on any atom is -0.484 e. The Labute approximate surface area is 197 Å². The summed E-state index contributed by atoms with van der Waals surface area (Å²) < 4.78 is 5.67. The van der Waals surface area contributed by atoms with Gasteiger partial charge in [-0.15, -0.1) is 0 Å². The smallest absolute Gasteiger partial charge is 0.261 e. The van der Waals surface area contributed by atoms with Crippen LogP contribution in [0.25, 0.3) is 0 Å². The van der Waals surface area contributed by atoms with Crippen molar-refractivity contribution in [2.45, 2.75) is 19.0 Å². The Morgan fingerprint density at radius 1 is 0.906 bits per heavy atom. The van der Waals surface area contributed by atoms with Gasteiger partial charge in [0.15, 0.2) is 6.61 Å². The van der Waals surface area contributed by atoms with Gasteiger partial charge >= 0.3 is 0 Å². The predicted octanol–water partition coefficient (Wildman–Crippen LogP) is 4.76. The summed E-state index contributed by atoms with van der Waals surface area (Å²) in [5.74, 6) is -0.0735. The highest BCUT2D eigenvalue weighted by Gasteiger charge is 2.31. The van der Waals surface area contributed by atoms with Crippen LogP contribution in [0, 0.1) is 0 Å². The Bertz CT molecular complexity index is 1030. The van der Waals surface area contributed by atoms with E-state index in [0.29, 0.717) is 27.8 Å². The molecule has 0 bridgehead atoms. The number of amides is 2. The van der Waals surface area contributed by atoms with Crippen LogP contribution in [0.3, 0.4) is 0 Å². The van der Waals surface area contributed by atoms with E-state index in [2.05, 4.69) is 5.32 Å². The van der Waals surface area contributed by atoms with Crippen molar-refractivity contribution < 1.29 is 14.3 Å². The number of nitrogens with zero attached hydrogens (tertiary/aromatic N) is 1. The summed E-state index contributed by atoms with van der Waals surface area (Å²) >= 11 is 12.8. The zero-order valence-corrected chi connectivity index (χ0v) is 19.1. The normalized spacial score (nSPS) is 11.5. The summed E-state index contributed by atoms with van der Waals surface area (Å²) in [6.45, 7) is -0.158. The molecule has 0 aliphatic carbocycles. The molecule has 7 heteroatoms. The first-order chi connectivity index (χ1) is 15.5. The average Bonchev–Trinajstić information content (AvgIpc) is 2.82. The van der Waals surface area contributed by atoms with Crippen LogP contribution in [-0.2, 0) is 22.6 Å². The van der Waals surface area contributed by atoms with Crippen molar-refractivity contribution in [3.63, 3.8) is 0 Å². The van der Waals surface area contributed by atoms with E-state index in [-0.39, 0.29) is 25.0 Å². The number of ether oxygens (including phenoxy) is 1. The molecule has 1 N–H and O–H groups in total. The van der Waals surface area contributed by atoms with Gasteiger partial charge in [-0.05, 0) is 29.8 Å². The highest BCUT2D eigenvalue weighted by molar-refractivity contribution is 6.36. The molecule has 3 aromatic carbocycles. The molecule has 0 aliphatic rings. The quantitative estimate of drug-likeness (QED) is 0.490. The average molecular weight is 471 g/mol. The summed E-state index contributed by atoms with van der Waals surface area (Å²) in [7, 11) is 1.55. The summed E-state index contributed by atoms with van der Waals surface area (Å²) in [6, 6.07) is 22.9. The lowest BCUT2D eigenvalue weighted by Gasteiger charge is -2.31. The van der Waals surface area contributed by atoms with Gasteiger partial charge in [0, 0.05) is 35.6 Å². The number of nitrogens with one attached hydrogen (secondary N) is 1. The van der Waals surface area contributed by atoms with E-state index in [4.69, 9.17) is 27.9 Å². The Morgan fingerprint density at radius 3 is 2.09 bits per heavy atom. The maximum absolute atomic E-state index is 13.3. The fourth-order valence-corrected chi connectivity index (χ4v) is 3.84. The summed E-state index contributed by atoms with van der Waals surface area (Å²) in [6.07, 6.45) is 0.333. The van der Waals surface area contributed by atoms with E-state index in [1.54, 1.807) is 37.4 Å². The van der Waals surface area contributed by atoms with E-state index < -0.39 is 6.04 Å². The Balaban J connectivity index is 1.92. The van der Waals surface area contributed by atoms with Gasteiger partial charge in [-0.2, -0.15) is 0 Å². The standard InChI is InChI=1S/C25H24Cl2N2O3/c1-28-25(31)23(15-18-9-4-2-5-10-18)29(16-20-21(26)13-8-14-22(20)27)24(30)17-32-19-11-6-3-7-12-19/h2-14,23H,15-17H2,1H3,(H,28,31)/t23-/m1/s1. The number of halogens is 2. The number of rotatable bonds is 9. The minimum atomic E-state index is -0.776. The number of hydrogen-bond acceptors (Lipinski definition) is 3. The molecular weight excluding hydrogens is 447 g/mol. The van der Waals surface area contributed by atoms with Gasteiger partial charge in [-0.3, -0.25) is 9.59 Å². The fourth-order valence-electron chi connectivity index (χ4n) is 3.32. The molecular formula is C25H24Cl2N2O3. The van der Waals surface area contributed by atoms with Crippen molar-refractivity contribution >= 4 is 35.0 Å². The van der Waals surface area contributed by atoms with Crippen molar-refractivity contribution in [3.8, 4) is 5.75 Å². The van der Waals surface area contributed by atoms with Gasteiger partial charge < -0.3 is 15.0 Å². The number of carbonyl (C=O) groups excluding carboxylic acids is 2. The molecule has 0 saturated carbocycles. The van der Waals surface area contributed by atoms with Crippen molar-refractivity contribution in [1.29, 1.82) is 0 Å². The second-order valence-electron chi connectivity index (χ2n) is 7.14. The summed E-state index contributed by atoms with van der Waals surface area (Å²) in [4.78, 5) is 27.7. The van der Waals surface area contributed by atoms with Crippen molar-refractivity contribution in [1.82, 2.24) is 10.2 Å². The van der Waals surface area contributed by atoms with Gasteiger partial charge in [-0.25, -0.2) is 0 Å². The SMILES string of the molecule is CNC(=O)[C@@H](Cc1ccccc1)N(Cc1c(Cl)cccc1Cl)C(=O)COc1ccccc1. The lowest BCUT2D eigenvalue weighted by molar-refractivity contribution is -0.142. The molecule has 0 aromatic heterocycles. The molecule has 0 fully saturated rings. The van der Waals surface area contributed by atoms with Gasteiger partial charge in [0.05, 0.1) is 0 Å². The van der Waals surface area contributed by atoms with E-state index in [1.165, 1.54) is 4.90 Å². The number of likely N-dealkylation sites (N-methyl/N-ethyl adjacent to an activating group) is 1. The first-order valence-electron chi connectivity index (χ1n) is 10.2. The molecule has 166 valence electrons. The molecule has 0 radical (unpaired) electrons. The first kappa shape index (κ1) is 23.6. The third kappa shape index (κ3) is 6.25. The van der Waals surface area contributed by atoms with Crippen LogP contribution >= 0.6 is 23.2 Å². The lowest BCUT2D eigenvalue weighted by Crippen LogP contribution is -2.51. The number of hydrogen-bond donors (Lipinski definition) is 1. The fraction of sp³-hybridized carbons (Fsp3) is 0.200. The molecule has 32 heavy (non-hydrogen) atoms. The van der Waals surface area contributed by atoms with Crippen LogP contribution in [0.15, 0.2) is 78.9 Å².